The van der Waals surface area contributed by atoms with Crippen LogP contribution in [0.1, 0.15) is 50.3 Å². The lowest BCUT2D eigenvalue weighted by Gasteiger charge is -2.31. The number of aromatic nitrogens is 2. The summed E-state index contributed by atoms with van der Waals surface area (Å²) in [4.78, 5) is 19.1. The van der Waals surface area contributed by atoms with E-state index in [0.29, 0.717) is 36.2 Å². The molecule has 1 atom stereocenters. The summed E-state index contributed by atoms with van der Waals surface area (Å²) in [6.45, 7) is 3.55. The maximum absolute atomic E-state index is 13.4. The number of halogens is 2. The fourth-order valence-electron chi connectivity index (χ4n) is 4.21. The highest BCUT2D eigenvalue weighted by Gasteiger charge is 2.29. The van der Waals surface area contributed by atoms with Crippen LogP contribution in [0, 0.1) is 11.7 Å². The van der Waals surface area contributed by atoms with Crippen molar-refractivity contribution in [3.63, 3.8) is 0 Å². The molecule has 8 heteroatoms. The van der Waals surface area contributed by atoms with E-state index in [4.69, 9.17) is 4.52 Å². The summed E-state index contributed by atoms with van der Waals surface area (Å²) in [7, 11) is 0. The van der Waals surface area contributed by atoms with Gasteiger partial charge < -0.3 is 14.7 Å². The molecular formula is C21H28ClFN4O2. The van der Waals surface area contributed by atoms with Crippen molar-refractivity contribution in [2.45, 2.75) is 44.4 Å². The van der Waals surface area contributed by atoms with Crippen LogP contribution in [0.3, 0.4) is 0 Å². The Morgan fingerprint density at radius 3 is 2.90 bits per heavy atom. The van der Waals surface area contributed by atoms with Gasteiger partial charge >= 0.3 is 0 Å². The van der Waals surface area contributed by atoms with Crippen LogP contribution in [0.5, 0.6) is 0 Å². The van der Waals surface area contributed by atoms with E-state index in [-0.39, 0.29) is 30.0 Å². The Labute approximate surface area is 176 Å². The van der Waals surface area contributed by atoms with Gasteiger partial charge in [-0.1, -0.05) is 17.3 Å². The van der Waals surface area contributed by atoms with Crippen LogP contribution < -0.4 is 5.32 Å². The Hall–Kier alpha value is -1.99. The normalized spacial score (nSPS) is 20.3. The van der Waals surface area contributed by atoms with Gasteiger partial charge in [0.2, 0.25) is 17.6 Å². The van der Waals surface area contributed by atoms with E-state index in [2.05, 4.69) is 15.5 Å². The predicted molar refractivity (Wildman–Crippen MR) is 110 cm³/mol. The molecule has 2 aliphatic heterocycles. The topological polar surface area (TPSA) is 71.3 Å². The zero-order chi connectivity index (χ0) is 19.3. The van der Waals surface area contributed by atoms with E-state index in [1.54, 1.807) is 12.1 Å². The summed E-state index contributed by atoms with van der Waals surface area (Å²) in [6.07, 6.45) is 5.79. The average Bonchev–Trinajstić information content (AvgIpc) is 3.23. The zero-order valence-electron chi connectivity index (χ0n) is 16.5. The third-order valence-electron chi connectivity index (χ3n) is 5.87. The van der Waals surface area contributed by atoms with Gasteiger partial charge in [0.25, 0.3) is 0 Å². The minimum absolute atomic E-state index is 0. The lowest BCUT2D eigenvalue weighted by Crippen LogP contribution is -2.39. The third-order valence-corrected chi connectivity index (χ3v) is 5.87. The average molecular weight is 423 g/mol. The predicted octanol–water partition coefficient (Wildman–Crippen LogP) is 3.78. The van der Waals surface area contributed by atoms with E-state index in [9.17, 15) is 9.18 Å². The molecule has 4 rings (SSSR count). The zero-order valence-corrected chi connectivity index (χ0v) is 17.3. The summed E-state index contributed by atoms with van der Waals surface area (Å²) in [5.74, 6) is 1.54. The first-order chi connectivity index (χ1) is 13.7. The first-order valence-electron chi connectivity index (χ1n) is 10.3. The van der Waals surface area contributed by atoms with Crippen LogP contribution in [-0.2, 0) is 4.79 Å². The van der Waals surface area contributed by atoms with Crippen molar-refractivity contribution in [2.75, 3.05) is 26.2 Å². The van der Waals surface area contributed by atoms with Gasteiger partial charge in [0.05, 0.1) is 5.92 Å². The number of amides is 1. The van der Waals surface area contributed by atoms with E-state index >= 15 is 0 Å². The first kappa shape index (κ1) is 21.7. The number of benzene rings is 1. The van der Waals surface area contributed by atoms with Gasteiger partial charge in [0, 0.05) is 25.1 Å². The van der Waals surface area contributed by atoms with Crippen LogP contribution >= 0.6 is 12.4 Å². The van der Waals surface area contributed by atoms with Gasteiger partial charge in [-0.25, -0.2) is 4.39 Å². The van der Waals surface area contributed by atoms with Crippen molar-refractivity contribution in [3.05, 3.63) is 36.0 Å². The molecule has 29 heavy (non-hydrogen) atoms. The third kappa shape index (κ3) is 5.54. The summed E-state index contributed by atoms with van der Waals surface area (Å²) < 4.78 is 18.9. The molecule has 1 N–H and O–H groups in total. The van der Waals surface area contributed by atoms with Gasteiger partial charge in [0.15, 0.2) is 0 Å². The number of hydrogen-bond acceptors (Lipinski definition) is 5. The molecule has 0 spiro atoms. The van der Waals surface area contributed by atoms with Gasteiger partial charge in [0.1, 0.15) is 5.82 Å². The van der Waals surface area contributed by atoms with Crippen LogP contribution in [0.2, 0.25) is 0 Å². The van der Waals surface area contributed by atoms with Gasteiger partial charge in [-0.05, 0) is 63.2 Å². The molecule has 0 radical (unpaired) electrons. The standard InChI is InChI=1S/C21H27FN4O2.ClH/c22-18-5-1-3-16(13-18)20-24-21(28-25-20)17-4-2-12-26(14-17)19(27)7-6-15-8-10-23-11-9-15;/h1,3,5,13,15,17,23H,2,4,6-12,14H2;1H. The van der Waals surface area contributed by atoms with E-state index in [1.165, 1.54) is 25.0 Å². The first-order valence-corrected chi connectivity index (χ1v) is 10.3. The van der Waals surface area contributed by atoms with Crippen molar-refractivity contribution in [1.82, 2.24) is 20.4 Å². The highest BCUT2D eigenvalue weighted by atomic mass is 35.5. The molecular weight excluding hydrogens is 395 g/mol. The second-order valence-electron chi connectivity index (χ2n) is 7.88. The molecule has 158 valence electrons. The van der Waals surface area contributed by atoms with Gasteiger partial charge in [-0.2, -0.15) is 4.98 Å². The number of rotatable bonds is 5. The quantitative estimate of drug-likeness (QED) is 0.793. The molecule has 2 saturated heterocycles. The van der Waals surface area contributed by atoms with E-state index < -0.39 is 0 Å². The molecule has 3 heterocycles. The lowest BCUT2D eigenvalue weighted by atomic mass is 9.92. The van der Waals surface area contributed by atoms with Crippen molar-refractivity contribution >= 4 is 18.3 Å². The SMILES string of the molecule is Cl.O=C(CCC1CCNCC1)N1CCCC(c2nc(-c3cccc(F)c3)no2)C1. The number of nitrogens with zero attached hydrogens (tertiary/aromatic N) is 3. The smallest absolute Gasteiger partial charge is 0.231 e. The molecule has 2 fully saturated rings. The second kappa shape index (κ2) is 10.2. The number of carbonyl (C=O) groups is 1. The maximum atomic E-state index is 13.4. The van der Waals surface area contributed by atoms with Crippen molar-refractivity contribution < 1.29 is 13.7 Å². The molecule has 0 aliphatic carbocycles. The molecule has 1 aromatic carbocycles. The Balaban J connectivity index is 0.00000240. The van der Waals surface area contributed by atoms with Crippen LogP contribution in [0.15, 0.2) is 28.8 Å². The number of hydrogen-bond donors (Lipinski definition) is 1. The van der Waals surface area contributed by atoms with Crippen molar-refractivity contribution in [3.8, 4) is 11.4 Å². The fraction of sp³-hybridized carbons (Fsp3) is 0.571. The summed E-state index contributed by atoms with van der Waals surface area (Å²) >= 11 is 0. The highest BCUT2D eigenvalue weighted by Crippen LogP contribution is 2.28. The van der Waals surface area contributed by atoms with Gasteiger partial charge in [-0.3, -0.25) is 4.79 Å². The van der Waals surface area contributed by atoms with Crippen LogP contribution in [0.25, 0.3) is 11.4 Å². The lowest BCUT2D eigenvalue weighted by molar-refractivity contribution is -0.132. The van der Waals surface area contributed by atoms with Crippen molar-refractivity contribution in [2.24, 2.45) is 5.92 Å². The number of likely N-dealkylation sites (tertiary alicyclic amines) is 1. The summed E-state index contributed by atoms with van der Waals surface area (Å²) in [5.41, 5.74) is 0.598. The Kier molecular flexibility index (Phi) is 7.61. The Morgan fingerprint density at radius 1 is 1.28 bits per heavy atom. The highest BCUT2D eigenvalue weighted by molar-refractivity contribution is 5.85. The van der Waals surface area contributed by atoms with Crippen LogP contribution in [-0.4, -0.2) is 47.1 Å². The van der Waals surface area contributed by atoms with Crippen LogP contribution in [0.4, 0.5) is 4.39 Å². The Morgan fingerprint density at radius 2 is 2.10 bits per heavy atom. The van der Waals surface area contributed by atoms with E-state index in [1.807, 2.05) is 4.90 Å². The molecule has 1 unspecified atom stereocenters. The molecule has 2 aliphatic rings. The number of piperidine rings is 2. The minimum atomic E-state index is -0.327. The molecule has 0 bridgehead atoms. The largest absolute Gasteiger partial charge is 0.342 e. The minimum Gasteiger partial charge on any atom is -0.342 e. The number of carbonyl (C=O) groups excluding carboxylic acids is 1. The monoisotopic (exact) mass is 422 g/mol. The molecule has 1 aromatic heterocycles. The van der Waals surface area contributed by atoms with Gasteiger partial charge in [-0.15, -0.1) is 12.4 Å². The van der Waals surface area contributed by atoms with Crippen molar-refractivity contribution in [1.29, 1.82) is 0 Å². The molecule has 2 aromatic rings. The second-order valence-corrected chi connectivity index (χ2v) is 7.88. The molecule has 1 amide bonds. The number of nitrogens with one attached hydrogen (secondary N) is 1. The Bertz CT molecular complexity index is 809. The van der Waals surface area contributed by atoms with E-state index in [0.717, 1.165) is 38.9 Å². The summed E-state index contributed by atoms with van der Waals surface area (Å²) in [6, 6.07) is 6.17. The molecule has 6 nitrogen and oxygen atoms in total. The molecule has 0 saturated carbocycles. The maximum Gasteiger partial charge on any atom is 0.231 e. The summed E-state index contributed by atoms with van der Waals surface area (Å²) in [5, 5.41) is 7.38. The fourth-order valence-corrected chi connectivity index (χ4v) is 4.21.